The highest BCUT2D eigenvalue weighted by atomic mass is 16.6. The molecule has 34 heavy (non-hydrogen) atoms. The normalized spacial score (nSPS) is 10.9. The predicted octanol–water partition coefficient (Wildman–Crippen LogP) is 5.65. The first-order valence-electron chi connectivity index (χ1n) is 11.4. The minimum Gasteiger partial charge on any atom is -0.481 e. The van der Waals surface area contributed by atoms with Gasteiger partial charge in [0.25, 0.3) is 0 Å². The van der Waals surface area contributed by atoms with Crippen molar-refractivity contribution in [2.45, 2.75) is 38.5 Å². The fraction of sp³-hybridized carbons (Fsp3) is 0.207. The average molecular weight is 455 g/mol. The summed E-state index contributed by atoms with van der Waals surface area (Å²) >= 11 is 0. The minimum atomic E-state index is -0.836. The van der Waals surface area contributed by atoms with Crippen LogP contribution in [0, 0.1) is 0 Å². The van der Waals surface area contributed by atoms with E-state index in [1.807, 2.05) is 78.9 Å². The quantitative estimate of drug-likeness (QED) is 0.201. The molecule has 0 aliphatic rings. The van der Waals surface area contributed by atoms with Crippen LogP contribution in [0.2, 0.25) is 0 Å². The molecule has 1 N–H and O–H groups in total. The summed E-state index contributed by atoms with van der Waals surface area (Å²) in [5, 5.41) is 13.2. The SMILES string of the molecule is O=C(O)CCc1c2ccccc2c(CCC(=O)OC(=O)CCc2ccccc2)c2ccccc12. The molecule has 0 aliphatic heterocycles. The first-order chi connectivity index (χ1) is 16.5. The lowest BCUT2D eigenvalue weighted by atomic mass is 9.88. The summed E-state index contributed by atoms with van der Waals surface area (Å²) < 4.78 is 5.06. The van der Waals surface area contributed by atoms with Crippen LogP contribution in [0.5, 0.6) is 0 Å². The van der Waals surface area contributed by atoms with Crippen LogP contribution in [0.3, 0.4) is 0 Å². The van der Waals surface area contributed by atoms with Crippen LogP contribution in [0.25, 0.3) is 21.5 Å². The van der Waals surface area contributed by atoms with Crippen LogP contribution in [0.15, 0.2) is 78.9 Å². The van der Waals surface area contributed by atoms with Gasteiger partial charge >= 0.3 is 17.9 Å². The Morgan fingerprint density at radius 2 is 0.971 bits per heavy atom. The molecule has 0 aliphatic carbocycles. The number of fused-ring (bicyclic) bond motifs is 2. The Labute approximate surface area is 198 Å². The average Bonchev–Trinajstić information content (AvgIpc) is 2.85. The van der Waals surface area contributed by atoms with Crippen molar-refractivity contribution >= 4 is 39.5 Å². The monoisotopic (exact) mass is 454 g/mol. The first-order valence-corrected chi connectivity index (χ1v) is 11.4. The van der Waals surface area contributed by atoms with Gasteiger partial charge in [-0.05, 0) is 57.5 Å². The second kappa shape index (κ2) is 10.8. The van der Waals surface area contributed by atoms with E-state index in [1.165, 1.54) is 0 Å². The molecule has 5 nitrogen and oxygen atoms in total. The van der Waals surface area contributed by atoms with Crippen LogP contribution >= 0.6 is 0 Å². The Hall–Kier alpha value is -3.99. The van der Waals surface area contributed by atoms with E-state index in [-0.39, 0.29) is 19.3 Å². The molecule has 0 fully saturated rings. The van der Waals surface area contributed by atoms with Gasteiger partial charge in [-0.3, -0.25) is 14.4 Å². The summed E-state index contributed by atoms with van der Waals surface area (Å²) in [5.74, 6) is -1.90. The second-order valence-electron chi connectivity index (χ2n) is 8.27. The van der Waals surface area contributed by atoms with Crippen LogP contribution in [0.4, 0.5) is 0 Å². The molecular formula is C29H26O5. The standard InChI is InChI=1S/C29H26O5/c30-27(31)17-15-25-21-10-4-6-12-23(21)26(24-13-7-5-11-22(24)25)16-19-29(33)34-28(32)18-14-20-8-2-1-3-9-20/h1-13H,14-19H2,(H,30,31). The van der Waals surface area contributed by atoms with Crippen molar-refractivity contribution in [2.75, 3.05) is 0 Å². The number of aliphatic carboxylic acids is 1. The number of hydrogen-bond donors (Lipinski definition) is 1. The topological polar surface area (TPSA) is 80.7 Å². The van der Waals surface area contributed by atoms with Crippen molar-refractivity contribution in [3.05, 3.63) is 95.6 Å². The molecule has 5 heteroatoms. The number of carbonyl (C=O) groups is 3. The molecule has 172 valence electrons. The number of ether oxygens (including phenoxy) is 1. The Kier molecular flexibility index (Phi) is 7.33. The van der Waals surface area contributed by atoms with E-state index in [4.69, 9.17) is 4.74 Å². The zero-order valence-electron chi connectivity index (χ0n) is 18.8. The maximum absolute atomic E-state index is 12.4. The zero-order chi connectivity index (χ0) is 23.9. The van der Waals surface area contributed by atoms with Crippen molar-refractivity contribution < 1.29 is 24.2 Å². The number of aryl methyl sites for hydroxylation is 3. The summed E-state index contributed by atoms with van der Waals surface area (Å²) in [6.07, 6.45) is 1.66. The maximum Gasteiger partial charge on any atom is 0.313 e. The summed E-state index contributed by atoms with van der Waals surface area (Å²) in [6.45, 7) is 0. The molecule has 0 aromatic heterocycles. The van der Waals surface area contributed by atoms with Gasteiger partial charge in [0.05, 0.1) is 12.8 Å². The predicted molar refractivity (Wildman–Crippen MR) is 132 cm³/mol. The Morgan fingerprint density at radius 3 is 1.44 bits per heavy atom. The van der Waals surface area contributed by atoms with E-state index in [0.29, 0.717) is 19.3 Å². The van der Waals surface area contributed by atoms with Gasteiger partial charge in [-0.1, -0.05) is 78.9 Å². The fourth-order valence-corrected chi connectivity index (χ4v) is 4.43. The molecule has 4 aromatic rings. The van der Waals surface area contributed by atoms with E-state index in [2.05, 4.69) is 0 Å². The molecule has 0 heterocycles. The van der Waals surface area contributed by atoms with Gasteiger partial charge in [0.1, 0.15) is 0 Å². The van der Waals surface area contributed by atoms with Crippen molar-refractivity contribution in [1.82, 2.24) is 0 Å². The number of carboxylic acids is 1. The maximum atomic E-state index is 12.4. The highest BCUT2D eigenvalue weighted by Gasteiger charge is 2.17. The highest BCUT2D eigenvalue weighted by molar-refractivity contribution is 6.06. The highest BCUT2D eigenvalue weighted by Crippen LogP contribution is 2.34. The van der Waals surface area contributed by atoms with E-state index in [9.17, 15) is 19.5 Å². The smallest absolute Gasteiger partial charge is 0.313 e. The number of carbonyl (C=O) groups excluding carboxylic acids is 2. The van der Waals surface area contributed by atoms with E-state index in [1.54, 1.807) is 0 Å². The van der Waals surface area contributed by atoms with E-state index >= 15 is 0 Å². The molecule has 0 radical (unpaired) electrons. The lowest BCUT2D eigenvalue weighted by molar-refractivity contribution is -0.159. The number of benzene rings is 4. The van der Waals surface area contributed by atoms with Gasteiger partial charge in [-0.2, -0.15) is 0 Å². The minimum absolute atomic E-state index is 0.0464. The molecule has 0 atom stereocenters. The fourth-order valence-electron chi connectivity index (χ4n) is 4.43. The van der Waals surface area contributed by atoms with Gasteiger partial charge in [0.15, 0.2) is 0 Å². The lowest BCUT2D eigenvalue weighted by Gasteiger charge is -2.16. The zero-order valence-corrected chi connectivity index (χ0v) is 18.8. The second-order valence-corrected chi connectivity index (χ2v) is 8.27. The Morgan fingerprint density at radius 1 is 0.559 bits per heavy atom. The molecule has 0 bridgehead atoms. The lowest BCUT2D eigenvalue weighted by Crippen LogP contribution is -2.13. The van der Waals surface area contributed by atoms with Gasteiger partial charge < -0.3 is 9.84 Å². The summed E-state index contributed by atoms with van der Waals surface area (Å²) in [6, 6.07) is 25.3. The number of rotatable bonds is 9. The van der Waals surface area contributed by atoms with Crippen LogP contribution in [-0.2, 0) is 38.4 Å². The third kappa shape index (κ3) is 5.49. The van der Waals surface area contributed by atoms with Crippen molar-refractivity contribution in [3.63, 3.8) is 0 Å². The van der Waals surface area contributed by atoms with E-state index < -0.39 is 17.9 Å². The van der Waals surface area contributed by atoms with Gasteiger partial charge in [0, 0.05) is 6.42 Å². The molecule has 0 amide bonds. The Balaban J connectivity index is 1.52. The molecule has 0 saturated heterocycles. The molecule has 0 unspecified atom stereocenters. The van der Waals surface area contributed by atoms with Gasteiger partial charge in [-0.15, -0.1) is 0 Å². The summed E-state index contributed by atoms with van der Waals surface area (Å²) in [5.41, 5.74) is 3.02. The molecule has 0 spiro atoms. The van der Waals surface area contributed by atoms with Gasteiger partial charge in [0.2, 0.25) is 0 Å². The number of hydrogen-bond acceptors (Lipinski definition) is 4. The molecular weight excluding hydrogens is 428 g/mol. The van der Waals surface area contributed by atoms with Crippen LogP contribution in [-0.4, -0.2) is 23.0 Å². The van der Waals surface area contributed by atoms with Gasteiger partial charge in [-0.25, -0.2) is 0 Å². The molecule has 4 rings (SSSR count). The first kappa shape index (κ1) is 23.2. The van der Waals surface area contributed by atoms with Crippen LogP contribution in [0.1, 0.15) is 36.0 Å². The molecule has 0 saturated carbocycles. The largest absolute Gasteiger partial charge is 0.481 e. The third-order valence-corrected chi connectivity index (χ3v) is 6.01. The van der Waals surface area contributed by atoms with Crippen LogP contribution < -0.4 is 0 Å². The van der Waals surface area contributed by atoms with Crippen molar-refractivity contribution in [3.8, 4) is 0 Å². The van der Waals surface area contributed by atoms with Crippen molar-refractivity contribution in [1.29, 1.82) is 0 Å². The number of carboxylic acid groups (broad SMARTS) is 1. The third-order valence-electron chi connectivity index (χ3n) is 6.01. The van der Waals surface area contributed by atoms with Crippen molar-refractivity contribution in [2.24, 2.45) is 0 Å². The number of esters is 2. The Bertz CT molecular complexity index is 1280. The molecule has 4 aromatic carbocycles. The summed E-state index contributed by atoms with van der Waals surface area (Å²) in [4.78, 5) is 35.8. The summed E-state index contributed by atoms with van der Waals surface area (Å²) in [7, 11) is 0. The van der Waals surface area contributed by atoms with E-state index in [0.717, 1.165) is 38.2 Å².